The highest BCUT2D eigenvalue weighted by Gasteiger charge is 2.57. The molecule has 2 aromatic rings. The average Bonchev–Trinajstić information content (AvgIpc) is 3.71. The van der Waals surface area contributed by atoms with Crippen LogP contribution in [0.5, 0.6) is 0 Å². The van der Waals surface area contributed by atoms with Gasteiger partial charge in [-0.2, -0.15) is 0 Å². The zero-order chi connectivity index (χ0) is 45.8. The number of cyclic esters (lactones) is 2. The van der Waals surface area contributed by atoms with Crippen LogP contribution in [0.25, 0.3) is 11.3 Å². The lowest BCUT2D eigenvalue weighted by Crippen LogP contribution is -2.63. The number of aliphatic hydroxyl groups excluding tert-OH is 1. The summed E-state index contributed by atoms with van der Waals surface area (Å²) in [5, 5.41) is 11.5. The molecule has 0 saturated carbocycles. The molecule has 3 saturated heterocycles. The first kappa shape index (κ1) is 49.2. The molecule has 0 aromatic carbocycles. The second-order valence-corrected chi connectivity index (χ2v) is 18.4. The molecule has 0 radical (unpaired) electrons. The van der Waals surface area contributed by atoms with Crippen molar-refractivity contribution >= 4 is 23.6 Å². The summed E-state index contributed by atoms with van der Waals surface area (Å²) < 4.78 is 49.8. The average molecular weight is 872 g/mol. The predicted molar refractivity (Wildman–Crippen MR) is 229 cm³/mol. The molecule has 1 N–H and O–H groups in total. The van der Waals surface area contributed by atoms with E-state index >= 15 is 4.39 Å². The van der Waals surface area contributed by atoms with Crippen LogP contribution < -0.4 is 0 Å². The van der Waals surface area contributed by atoms with Crippen LogP contribution in [0.2, 0.25) is 0 Å². The smallest absolute Gasteiger partial charge is 0.410 e. The van der Waals surface area contributed by atoms with Crippen LogP contribution in [-0.4, -0.2) is 141 Å². The lowest BCUT2D eigenvalue weighted by atomic mass is 9.72. The van der Waals surface area contributed by atoms with Gasteiger partial charge in [-0.25, -0.2) is 19.0 Å². The standard InChI is InChI=1S/C46H70FN5O10/c1-13-34-36-35(14-2)61-44(57)52(20-16-15-19-51-24-32(49-25-51)31-18-17-27(4)48-23-31)37(36)29(6)38(53)26(3)22-45(8,58-12)41(30(7)40(55)46(9,47)43(56)60-34)62-42-39(54)33(50(10)11)21-28(5)59-42/h17-18,23-26,28-30,33-37,39,41-42,54H,13-16,19-22H2,1-12H3/t26-,28-,29-,30+,33+,34-,35?,36?,37-,39-,41-,42+,45+,46+/m1/s1. The van der Waals surface area contributed by atoms with Crippen molar-refractivity contribution in [3.8, 4) is 11.3 Å². The Morgan fingerprint density at radius 3 is 2.24 bits per heavy atom. The van der Waals surface area contributed by atoms with Gasteiger partial charge in [-0.15, -0.1) is 0 Å². The number of Topliss-reactive ketones (excluding diaryl/α,β-unsaturated/α-hetero) is 2. The van der Waals surface area contributed by atoms with Gasteiger partial charge in [0.1, 0.15) is 24.1 Å². The highest BCUT2D eigenvalue weighted by atomic mass is 19.1. The molecule has 0 spiro atoms. The first-order valence-corrected chi connectivity index (χ1v) is 22.3. The molecule has 15 nitrogen and oxygen atoms in total. The van der Waals surface area contributed by atoms with Crippen molar-refractivity contribution in [1.29, 1.82) is 0 Å². The molecule has 5 rings (SSSR count). The molecule has 2 unspecified atom stereocenters. The normalized spacial score (nSPS) is 36.5. The van der Waals surface area contributed by atoms with Gasteiger partial charge in [0.15, 0.2) is 12.1 Å². The molecule has 16 heteroatoms. The number of imidazole rings is 1. The Morgan fingerprint density at radius 2 is 1.63 bits per heavy atom. The van der Waals surface area contributed by atoms with Gasteiger partial charge in [-0.05, 0) is 92.4 Å². The zero-order valence-corrected chi connectivity index (χ0v) is 38.7. The number of pyridine rings is 1. The Balaban J connectivity index is 1.48. The van der Waals surface area contributed by atoms with Gasteiger partial charge in [-0.1, -0.05) is 34.6 Å². The summed E-state index contributed by atoms with van der Waals surface area (Å²) in [4.78, 5) is 69.7. The zero-order valence-electron chi connectivity index (χ0n) is 38.7. The number of hydrogen-bond donors (Lipinski definition) is 1. The van der Waals surface area contributed by atoms with Crippen LogP contribution in [0.4, 0.5) is 9.18 Å². The number of methoxy groups -OCH3 is 1. The highest BCUT2D eigenvalue weighted by Crippen LogP contribution is 2.42. The maximum Gasteiger partial charge on any atom is 0.410 e. The third-order valence-electron chi connectivity index (χ3n) is 13.6. The number of ether oxygens (including phenoxy) is 5. The number of amides is 1. The van der Waals surface area contributed by atoms with Crippen molar-refractivity contribution in [2.24, 2.45) is 23.7 Å². The van der Waals surface area contributed by atoms with Crippen LogP contribution >= 0.6 is 0 Å². The maximum atomic E-state index is 17.1. The lowest BCUT2D eigenvalue weighted by molar-refractivity contribution is -0.295. The van der Waals surface area contributed by atoms with Gasteiger partial charge in [0.05, 0.1) is 41.8 Å². The summed E-state index contributed by atoms with van der Waals surface area (Å²) in [6.07, 6.45) is 1.33. The van der Waals surface area contributed by atoms with E-state index in [1.165, 1.54) is 14.0 Å². The summed E-state index contributed by atoms with van der Waals surface area (Å²) in [5.41, 5.74) is -1.98. The summed E-state index contributed by atoms with van der Waals surface area (Å²) in [5.74, 6) is -6.28. The number of nitrogens with zero attached hydrogens (tertiary/aromatic N) is 5. The lowest BCUT2D eigenvalue weighted by Gasteiger charge is -2.50. The summed E-state index contributed by atoms with van der Waals surface area (Å²) >= 11 is 0. The highest BCUT2D eigenvalue weighted by molar-refractivity contribution is 6.07. The van der Waals surface area contributed by atoms with E-state index in [0.717, 1.165) is 23.9 Å². The Kier molecular flexibility index (Phi) is 16.1. The van der Waals surface area contributed by atoms with E-state index in [-0.39, 0.29) is 37.3 Å². The summed E-state index contributed by atoms with van der Waals surface area (Å²) in [7, 11) is 5.08. The molecule has 0 aliphatic carbocycles. The third-order valence-corrected chi connectivity index (χ3v) is 13.6. The molecule has 3 aliphatic heterocycles. The summed E-state index contributed by atoms with van der Waals surface area (Å²) in [6, 6.07) is 2.74. The molecule has 62 heavy (non-hydrogen) atoms. The second-order valence-electron chi connectivity index (χ2n) is 18.4. The Morgan fingerprint density at radius 1 is 0.968 bits per heavy atom. The third kappa shape index (κ3) is 10.4. The number of unbranched alkanes of at least 4 members (excludes halogenated alkanes) is 1. The van der Waals surface area contributed by atoms with Crippen molar-refractivity contribution in [2.45, 2.75) is 168 Å². The van der Waals surface area contributed by atoms with Crippen molar-refractivity contribution in [3.63, 3.8) is 0 Å². The van der Waals surface area contributed by atoms with Crippen molar-refractivity contribution in [1.82, 2.24) is 24.3 Å². The molecular formula is C46H70FN5O10. The molecule has 0 bridgehead atoms. The first-order valence-electron chi connectivity index (χ1n) is 22.3. The van der Waals surface area contributed by atoms with Gasteiger partial charge in [0.2, 0.25) is 0 Å². The van der Waals surface area contributed by atoms with Gasteiger partial charge in [0, 0.05) is 67.6 Å². The molecule has 346 valence electrons. The van der Waals surface area contributed by atoms with Crippen LogP contribution in [-0.2, 0) is 44.6 Å². The maximum absolute atomic E-state index is 17.1. The van der Waals surface area contributed by atoms with Crippen LogP contribution in [0.3, 0.4) is 0 Å². The van der Waals surface area contributed by atoms with E-state index in [0.29, 0.717) is 32.2 Å². The first-order chi connectivity index (χ1) is 29.2. The number of fused-ring (bicyclic) bond motifs is 1. The van der Waals surface area contributed by atoms with E-state index in [1.807, 2.05) is 62.7 Å². The number of aryl methyl sites for hydroxylation is 2. The van der Waals surface area contributed by atoms with E-state index in [4.69, 9.17) is 23.7 Å². The number of alkyl halides is 1. The fourth-order valence-corrected chi connectivity index (χ4v) is 9.89. The van der Waals surface area contributed by atoms with Gasteiger partial charge < -0.3 is 43.2 Å². The SMILES string of the molecule is CCC1OC(=O)N(CCCCn2cnc(-c3ccc(C)nc3)c2)[C@H]2C1[C@@H](CC)OC(=O)[C@@](C)(F)C(=O)[C@H](C)[C@@H](O[C@@H]1O[C@H](C)C[C@H](N(C)C)[C@H]1O)[C@@](C)(OC)C[C@@H](C)C(=O)[C@@H]2C. The van der Waals surface area contributed by atoms with Gasteiger partial charge >= 0.3 is 12.1 Å². The minimum absolute atomic E-state index is 0.0136. The van der Waals surface area contributed by atoms with Crippen molar-refractivity contribution < 1.29 is 52.4 Å². The number of halogens is 1. The number of carbonyl (C=O) groups is 4. The summed E-state index contributed by atoms with van der Waals surface area (Å²) in [6.45, 7) is 15.8. The number of esters is 1. The van der Waals surface area contributed by atoms with E-state index in [9.17, 15) is 24.3 Å². The Labute approximate surface area is 366 Å². The van der Waals surface area contributed by atoms with E-state index < -0.39 is 89.5 Å². The predicted octanol–water partition coefficient (Wildman–Crippen LogP) is 5.97. The van der Waals surface area contributed by atoms with E-state index in [2.05, 4.69) is 9.97 Å². The minimum Gasteiger partial charge on any atom is -0.459 e. The minimum atomic E-state index is -3.14. The van der Waals surface area contributed by atoms with Crippen LogP contribution in [0, 0.1) is 30.6 Å². The quantitative estimate of drug-likeness (QED) is 0.151. The fourth-order valence-electron chi connectivity index (χ4n) is 9.89. The molecule has 14 atom stereocenters. The van der Waals surface area contributed by atoms with Gasteiger partial charge in [0.25, 0.3) is 5.67 Å². The number of ketones is 2. The molecule has 2 aromatic heterocycles. The number of likely N-dealkylation sites (N-methyl/N-ethyl adjacent to an activating group) is 1. The van der Waals surface area contributed by atoms with Crippen molar-refractivity contribution in [3.05, 3.63) is 36.5 Å². The molecular weight excluding hydrogens is 802 g/mol. The topological polar surface area (TPSA) is 172 Å². The number of aliphatic hydroxyl groups is 1. The number of hydrogen-bond acceptors (Lipinski definition) is 13. The largest absolute Gasteiger partial charge is 0.459 e. The van der Waals surface area contributed by atoms with E-state index in [1.54, 1.807) is 45.1 Å². The number of aromatic nitrogens is 3. The molecule has 1 amide bonds. The number of carbonyl (C=O) groups excluding carboxylic acids is 4. The second kappa shape index (κ2) is 20.3. The fraction of sp³-hybridized carbons (Fsp3) is 0.739. The van der Waals surface area contributed by atoms with Crippen LogP contribution in [0.15, 0.2) is 30.9 Å². The monoisotopic (exact) mass is 872 g/mol. The Bertz CT molecular complexity index is 1860. The van der Waals surface area contributed by atoms with Crippen LogP contribution in [0.1, 0.15) is 99.6 Å². The molecule has 3 aliphatic rings. The Hall–Kier alpha value is -3.83. The van der Waals surface area contributed by atoms with Gasteiger partial charge in [-0.3, -0.25) is 14.6 Å². The number of rotatable bonds is 12. The molecule has 3 fully saturated rings. The van der Waals surface area contributed by atoms with Crippen molar-refractivity contribution in [2.75, 3.05) is 27.7 Å². The molecule has 5 heterocycles.